The predicted molar refractivity (Wildman–Crippen MR) is 79.9 cm³/mol. The van der Waals surface area contributed by atoms with Crippen molar-refractivity contribution < 1.29 is 0 Å². The van der Waals surface area contributed by atoms with E-state index in [0.717, 1.165) is 12.8 Å². The molecule has 0 unspecified atom stereocenters. The minimum Gasteiger partial charge on any atom is -0.261 e. The molecule has 1 heterocycles. The van der Waals surface area contributed by atoms with Crippen molar-refractivity contribution in [3.8, 4) is 0 Å². The molecule has 0 fully saturated rings. The van der Waals surface area contributed by atoms with Crippen LogP contribution in [-0.2, 0) is 12.8 Å². The quantitative estimate of drug-likeness (QED) is 0.509. The Balaban J connectivity index is 2.00. The van der Waals surface area contributed by atoms with Crippen LogP contribution < -0.4 is 0 Å². The lowest BCUT2D eigenvalue weighted by atomic mass is 10.1. The van der Waals surface area contributed by atoms with Gasteiger partial charge in [0.1, 0.15) is 0 Å². The summed E-state index contributed by atoms with van der Waals surface area (Å²) >= 11 is 0. The maximum Gasteiger partial charge on any atom is 0.0403 e. The molecule has 1 aromatic rings. The molecule has 1 rings (SSSR count). The van der Waals surface area contributed by atoms with Gasteiger partial charge in [-0.25, -0.2) is 0 Å². The van der Waals surface area contributed by atoms with Crippen molar-refractivity contribution in [3.05, 3.63) is 29.6 Å². The number of unbranched alkanes of at least 4 members (excludes halogenated alkanes) is 7. The largest absolute Gasteiger partial charge is 0.261 e. The van der Waals surface area contributed by atoms with Crippen LogP contribution in [0.15, 0.2) is 18.3 Å². The van der Waals surface area contributed by atoms with Gasteiger partial charge in [0.2, 0.25) is 0 Å². The van der Waals surface area contributed by atoms with Crippen molar-refractivity contribution in [2.75, 3.05) is 0 Å². The maximum absolute atomic E-state index is 4.51. The van der Waals surface area contributed by atoms with E-state index in [1.54, 1.807) is 0 Å². The summed E-state index contributed by atoms with van der Waals surface area (Å²) in [5, 5.41) is 0. The van der Waals surface area contributed by atoms with E-state index in [0.29, 0.717) is 0 Å². The van der Waals surface area contributed by atoms with E-state index in [1.807, 2.05) is 6.20 Å². The Morgan fingerprint density at radius 2 is 1.50 bits per heavy atom. The SMILES string of the molecule is CCCCCCCCCCc1ccc(CC)cn1. The molecular weight excluding hydrogens is 218 g/mol. The Morgan fingerprint density at radius 1 is 0.833 bits per heavy atom. The number of rotatable bonds is 10. The molecule has 18 heavy (non-hydrogen) atoms. The third-order valence-electron chi connectivity index (χ3n) is 3.58. The average molecular weight is 247 g/mol. The van der Waals surface area contributed by atoms with Gasteiger partial charge in [-0.1, -0.05) is 64.9 Å². The van der Waals surface area contributed by atoms with Crippen LogP contribution in [0.2, 0.25) is 0 Å². The smallest absolute Gasteiger partial charge is 0.0403 e. The Bertz CT molecular complexity index is 289. The molecule has 0 aliphatic carbocycles. The summed E-state index contributed by atoms with van der Waals surface area (Å²) in [6.07, 6.45) is 15.4. The van der Waals surface area contributed by atoms with Gasteiger partial charge >= 0.3 is 0 Å². The van der Waals surface area contributed by atoms with E-state index in [9.17, 15) is 0 Å². The summed E-state index contributed by atoms with van der Waals surface area (Å²) in [4.78, 5) is 4.51. The summed E-state index contributed by atoms with van der Waals surface area (Å²) in [6.45, 7) is 4.45. The van der Waals surface area contributed by atoms with Gasteiger partial charge in [-0.15, -0.1) is 0 Å². The molecule has 1 heteroatoms. The fourth-order valence-electron chi connectivity index (χ4n) is 2.25. The first-order valence-corrected chi connectivity index (χ1v) is 7.80. The highest BCUT2D eigenvalue weighted by Gasteiger charge is 1.96. The topological polar surface area (TPSA) is 12.9 Å². The third-order valence-corrected chi connectivity index (χ3v) is 3.58. The second-order valence-corrected chi connectivity index (χ2v) is 5.24. The normalized spacial score (nSPS) is 10.8. The molecule has 1 nitrogen and oxygen atoms in total. The van der Waals surface area contributed by atoms with Gasteiger partial charge in [0, 0.05) is 11.9 Å². The van der Waals surface area contributed by atoms with Crippen LogP contribution in [0.1, 0.15) is 76.5 Å². The molecule has 0 bridgehead atoms. The summed E-state index contributed by atoms with van der Waals surface area (Å²) in [7, 11) is 0. The van der Waals surface area contributed by atoms with Crippen LogP contribution in [0.5, 0.6) is 0 Å². The van der Waals surface area contributed by atoms with Gasteiger partial charge in [-0.3, -0.25) is 4.98 Å². The van der Waals surface area contributed by atoms with Gasteiger partial charge in [0.05, 0.1) is 0 Å². The maximum atomic E-state index is 4.51. The molecule has 0 aromatic carbocycles. The minimum atomic E-state index is 1.09. The van der Waals surface area contributed by atoms with Gasteiger partial charge in [-0.2, -0.15) is 0 Å². The van der Waals surface area contributed by atoms with Crippen molar-refractivity contribution in [2.45, 2.75) is 78.1 Å². The zero-order valence-corrected chi connectivity index (χ0v) is 12.3. The second-order valence-electron chi connectivity index (χ2n) is 5.24. The summed E-state index contributed by atoms with van der Waals surface area (Å²) < 4.78 is 0. The zero-order chi connectivity index (χ0) is 13.1. The van der Waals surface area contributed by atoms with Crippen molar-refractivity contribution in [1.82, 2.24) is 4.98 Å². The molecule has 0 amide bonds. The lowest BCUT2D eigenvalue weighted by Gasteiger charge is -2.03. The van der Waals surface area contributed by atoms with Crippen LogP contribution in [0.4, 0.5) is 0 Å². The average Bonchev–Trinajstić information content (AvgIpc) is 2.42. The molecule has 0 saturated heterocycles. The first-order valence-electron chi connectivity index (χ1n) is 7.80. The number of aromatic nitrogens is 1. The fourth-order valence-corrected chi connectivity index (χ4v) is 2.25. The number of hydrogen-bond acceptors (Lipinski definition) is 1. The molecule has 0 radical (unpaired) electrons. The number of pyridine rings is 1. The van der Waals surface area contributed by atoms with Crippen LogP contribution >= 0.6 is 0 Å². The molecular formula is C17H29N. The van der Waals surface area contributed by atoms with Gasteiger partial charge < -0.3 is 0 Å². The minimum absolute atomic E-state index is 1.09. The van der Waals surface area contributed by atoms with E-state index in [1.165, 1.54) is 62.6 Å². The third kappa shape index (κ3) is 6.78. The van der Waals surface area contributed by atoms with Crippen LogP contribution in [0, 0.1) is 0 Å². The van der Waals surface area contributed by atoms with Crippen molar-refractivity contribution >= 4 is 0 Å². The van der Waals surface area contributed by atoms with E-state index >= 15 is 0 Å². The first-order chi connectivity index (χ1) is 8.86. The Hall–Kier alpha value is -0.850. The van der Waals surface area contributed by atoms with Crippen molar-refractivity contribution in [2.24, 2.45) is 0 Å². The highest BCUT2D eigenvalue weighted by Crippen LogP contribution is 2.10. The lowest BCUT2D eigenvalue weighted by Crippen LogP contribution is -1.92. The van der Waals surface area contributed by atoms with Crippen molar-refractivity contribution in [3.63, 3.8) is 0 Å². The molecule has 0 N–H and O–H groups in total. The van der Waals surface area contributed by atoms with Crippen molar-refractivity contribution in [1.29, 1.82) is 0 Å². The molecule has 0 aliphatic heterocycles. The van der Waals surface area contributed by atoms with Gasteiger partial charge in [0.25, 0.3) is 0 Å². The number of nitrogens with zero attached hydrogens (tertiary/aromatic N) is 1. The Kier molecular flexibility index (Phi) is 8.54. The van der Waals surface area contributed by atoms with Crippen LogP contribution in [0.25, 0.3) is 0 Å². The summed E-state index contributed by atoms with van der Waals surface area (Å²) in [5.41, 5.74) is 2.60. The van der Waals surface area contributed by atoms with E-state index < -0.39 is 0 Å². The second kappa shape index (κ2) is 10.1. The lowest BCUT2D eigenvalue weighted by molar-refractivity contribution is 0.574. The highest BCUT2D eigenvalue weighted by molar-refractivity contribution is 5.13. The Labute approximate surface area is 113 Å². The molecule has 102 valence electrons. The summed E-state index contributed by atoms with van der Waals surface area (Å²) in [5.74, 6) is 0. The fraction of sp³-hybridized carbons (Fsp3) is 0.706. The number of aryl methyl sites for hydroxylation is 2. The Morgan fingerprint density at radius 3 is 2.06 bits per heavy atom. The van der Waals surface area contributed by atoms with Crippen LogP contribution in [0.3, 0.4) is 0 Å². The first kappa shape index (κ1) is 15.2. The highest BCUT2D eigenvalue weighted by atomic mass is 14.7. The molecule has 0 spiro atoms. The van der Waals surface area contributed by atoms with E-state index in [-0.39, 0.29) is 0 Å². The molecule has 0 saturated carbocycles. The summed E-state index contributed by atoms with van der Waals surface area (Å²) in [6, 6.07) is 4.41. The van der Waals surface area contributed by atoms with Gasteiger partial charge in [0.15, 0.2) is 0 Å². The molecule has 1 aromatic heterocycles. The number of hydrogen-bond donors (Lipinski definition) is 0. The zero-order valence-electron chi connectivity index (χ0n) is 12.3. The van der Waals surface area contributed by atoms with Gasteiger partial charge in [-0.05, 0) is 30.9 Å². The predicted octanol–water partition coefficient (Wildman–Crippen LogP) is 5.33. The molecule has 0 atom stereocenters. The van der Waals surface area contributed by atoms with E-state index in [2.05, 4.69) is 31.0 Å². The standard InChI is InChI=1S/C17H29N/c1-3-5-6-7-8-9-10-11-12-17-14-13-16(4-2)15-18-17/h13-15H,3-12H2,1-2H3. The van der Waals surface area contributed by atoms with Crippen LogP contribution in [-0.4, -0.2) is 4.98 Å². The molecule has 0 aliphatic rings. The van der Waals surface area contributed by atoms with E-state index in [4.69, 9.17) is 0 Å². The monoisotopic (exact) mass is 247 g/mol.